The molecule has 9 heteroatoms. The SMILES string of the molecule is CCCCC/C=C\C/C=C\C/C=C\CCCCC(=O)O[C@H](COCCCCCCCCCCCCCCCC)COP(=O)(O)OCC[N+](C)(C)C. The molecule has 0 saturated heterocycles. The summed E-state index contributed by atoms with van der Waals surface area (Å²) in [5.74, 6) is -0.350. The van der Waals surface area contributed by atoms with Gasteiger partial charge in [-0.1, -0.05) is 147 Å². The monoisotopic (exact) mass is 743 g/mol. The Morgan fingerprint density at radius 3 is 1.61 bits per heavy atom. The number of unbranched alkanes of at least 4 members (excludes halogenated alkanes) is 18. The number of phosphoric ester groups is 1. The largest absolute Gasteiger partial charge is 0.472 e. The second-order valence-electron chi connectivity index (χ2n) is 15.0. The lowest BCUT2D eigenvalue weighted by Crippen LogP contribution is -2.37. The highest BCUT2D eigenvalue weighted by atomic mass is 31.2. The normalized spacial score (nSPS) is 14.2. The van der Waals surface area contributed by atoms with Crippen molar-refractivity contribution in [2.24, 2.45) is 0 Å². The molecule has 0 bridgehead atoms. The molecule has 2 atom stereocenters. The van der Waals surface area contributed by atoms with Gasteiger partial charge in [-0.15, -0.1) is 0 Å². The van der Waals surface area contributed by atoms with Gasteiger partial charge in [0, 0.05) is 13.0 Å². The van der Waals surface area contributed by atoms with E-state index in [1.165, 1.54) is 103 Å². The maximum atomic E-state index is 12.6. The smallest absolute Gasteiger partial charge is 0.457 e. The van der Waals surface area contributed by atoms with Crippen molar-refractivity contribution in [3.8, 4) is 0 Å². The maximum absolute atomic E-state index is 12.6. The average molecular weight is 743 g/mol. The summed E-state index contributed by atoms with van der Waals surface area (Å²) in [5.41, 5.74) is 0. The van der Waals surface area contributed by atoms with E-state index in [1.807, 2.05) is 21.1 Å². The lowest BCUT2D eigenvalue weighted by molar-refractivity contribution is -0.870. The molecule has 51 heavy (non-hydrogen) atoms. The van der Waals surface area contributed by atoms with Crippen LogP contribution in [0, 0.1) is 0 Å². The van der Waals surface area contributed by atoms with Crippen molar-refractivity contribution < 1.29 is 37.3 Å². The summed E-state index contributed by atoms with van der Waals surface area (Å²) in [6, 6.07) is 0. The number of carbonyl (C=O) groups is 1. The number of likely N-dealkylation sites (N-methyl/N-ethyl adjacent to an activating group) is 1. The van der Waals surface area contributed by atoms with Crippen molar-refractivity contribution in [3.05, 3.63) is 36.5 Å². The first-order chi connectivity index (χ1) is 24.6. The topological polar surface area (TPSA) is 91.3 Å². The number of quaternary nitrogens is 1. The highest BCUT2D eigenvalue weighted by Gasteiger charge is 2.26. The van der Waals surface area contributed by atoms with E-state index >= 15 is 0 Å². The number of allylic oxidation sites excluding steroid dienone is 6. The Hall–Kier alpha value is -1.28. The molecule has 0 amide bonds. The molecule has 0 rings (SSSR count). The van der Waals surface area contributed by atoms with Gasteiger partial charge in [-0.25, -0.2) is 4.57 Å². The van der Waals surface area contributed by atoms with Crippen molar-refractivity contribution in [3.63, 3.8) is 0 Å². The van der Waals surface area contributed by atoms with E-state index in [9.17, 15) is 14.3 Å². The van der Waals surface area contributed by atoms with Crippen molar-refractivity contribution >= 4 is 13.8 Å². The summed E-state index contributed by atoms with van der Waals surface area (Å²) in [5, 5.41) is 0. The molecule has 0 aliphatic carbocycles. The fraction of sp³-hybridized carbons (Fsp3) is 0.833. The van der Waals surface area contributed by atoms with Crippen LogP contribution in [0.4, 0.5) is 0 Å². The Morgan fingerprint density at radius 2 is 1.08 bits per heavy atom. The molecular formula is C42H81NO7P+. The Labute approximate surface area is 315 Å². The van der Waals surface area contributed by atoms with Crippen LogP contribution in [0.3, 0.4) is 0 Å². The van der Waals surface area contributed by atoms with Gasteiger partial charge in [-0.05, 0) is 51.4 Å². The lowest BCUT2D eigenvalue weighted by atomic mass is 10.0. The molecule has 1 N–H and O–H groups in total. The van der Waals surface area contributed by atoms with E-state index in [2.05, 4.69) is 50.3 Å². The number of esters is 1. The fourth-order valence-electron chi connectivity index (χ4n) is 5.44. The molecular weight excluding hydrogens is 661 g/mol. The van der Waals surface area contributed by atoms with Gasteiger partial charge in [0.15, 0.2) is 0 Å². The summed E-state index contributed by atoms with van der Waals surface area (Å²) in [6.45, 7) is 5.55. The van der Waals surface area contributed by atoms with Crippen LogP contribution in [0.1, 0.15) is 168 Å². The number of carbonyl (C=O) groups excluding carboxylic acids is 1. The van der Waals surface area contributed by atoms with Gasteiger partial charge in [-0.2, -0.15) is 0 Å². The van der Waals surface area contributed by atoms with Gasteiger partial charge in [0.1, 0.15) is 19.3 Å². The standard InChI is InChI=1S/C42H80NO7P/c1-6-8-10-12-14-16-18-20-22-23-25-27-29-31-33-35-42(44)50-41(40-49-51(45,46)48-38-36-43(3,4)5)39-47-37-34-32-30-28-26-24-21-19-17-15-13-11-9-7-2/h14,16,20,22,25,27,41H,6-13,15,17-19,21,23-24,26,28-40H2,1-5H3/p+1/b16-14-,22-20-,27-25-/t41-/m1/s1. The molecule has 0 aromatic carbocycles. The first kappa shape index (κ1) is 49.7. The summed E-state index contributed by atoms with van der Waals surface area (Å²) < 4.78 is 34.9. The zero-order chi connectivity index (χ0) is 37.7. The molecule has 0 aliphatic heterocycles. The first-order valence-electron chi connectivity index (χ1n) is 20.7. The summed E-state index contributed by atoms with van der Waals surface area (Å²) in [4.78, 5) is 22.8. The highest BCUT2D eigenvalue weighted by molar-refractivity contribution is 7.47. The van der Waals surface area contributed by atoms with E-state index in [0.29, 0.717) is 24.1 Å². The lowest BCUT2D eigenvalue weighted by Gasteiger charge is -2.24. The predicted molar refractivity (Wildman–Crippen MR) is 215 cm³/mol. The van der Waals surface area contributed by atoms with Gasteiger partial charge in [-0.3, -0.25) is 13.8 Å². The molecule has 0 heterocycles. The summed E-state index contributed by atoms with van der Waals surface area (Å²) >= 11 is 0. The van der Waals surface area contributed by atoms with Crippen molar-refractivity contribution in [1.29, 1.82) is 0 Å². The van der Waals surface area contributed by atoms with E-state index in [4.69, 9.17) is 18.5 Å². The highest BCUT2D eigenvalue weighted by Crippen LogP contribution is 2.43. The number of hydrogen-bond acceptors (Lipinski definition) is 6. The molecule has 0 fully saturated rings. The molecule has 0 aliphatic rings. The van der Waals surface area contributed by atoms with Gasteiger partial charge in [0.05, 0.1) is 34.4 Å². The average Bonchev–Trinajstić information content (AvgIpc) is 3.08. The van der Waals surface area contributed by atoms with Crippen LogP contribution in [0.5, 0.6) is 0 Å². The Morgan fingerprint density at radius 1 is 0.608 bits per heavy atom. The molecule has 0 saturated carbocycles. The molecule has 8 nitrogen and oxygen atoms in total. The Bertz CT molecular complexity index is 915. The molecule has 0 spiro atoms. The predicted octanol–water partition coefficient (Wildman–Crippen LogP) is 11.8. The third-order valence-corrected chi connectivity index (χ3v) is 9.69. The number of phosphoric acid groups is 1. The van der Waals surface area contributed by atoms with Crippen LogP contribution in [0.15, 0.2) is 36.5 Å². The quantitative estimate of drug-likeness (QED) is 0.0221. The molecule has 0 aromatic heterocycles. The van der Waals surface area contributed by atoms with E-state index in [-0.39, 0.29) is 32.2 Å². The van der Waals surface area contributed by atoms with Crippen LogP contribution in [0.2, 0.25) is 0 Å². The fourth-order valence-corrected chi connectivity index (χ4v) is 6.18. The molecule has 0 radical (unpaired) electrons. The number of nitrogens with zero attached hydrogens (tertiary/aromatic N) is 1. The van der Waals surface area contributed by atoms with Gasteiger partial charge >= 0.3 is 13.8 Å². The van der Waals surface area contributed by atoms with Gasteiger partial charge in [0.2, 0.25) is 0 Å². The molecule has 300 valence electrons. The van der Waals surface area contributed by atoms with Crippen LogP contribution in [-0.2, 0) is 27.9 Å². The Kier molecular flexibility index (Phi) is 34.8. The minimum absolute atomic E-state index is 0.0820. The molecule has 1 unspecified atom stereocenters. The van der Waals surface area contributed by atoms with Crippen molar-refractivity contribution in [2.45, 2.75) is 174 Å². The van der Waals surface area contributed by atoms with Gasteiger partial charge in [0.25, 0.3) is 0 Å². The summed E-state index contributed by atoms with van der Waals surface area (Å²) in [7, 11) is 1.64. The zero-order valence-corrected chi connectivity index (χ0v) is 34.7. The zero-order valence-electron chi connectivity index (χ0n) is 33.8. The number of rotatable bonds is 38. The van der Waals surface area contributed by atoms with Crippen LogP contribution in [-0.4, -0.2) is 75.6 Å². The van der Waals surface area contributed by atoms with E-state index in [1.54, 1.807) is 0 Å². The Balaban J connectivity index is 4.33. The van der Waals surface area contributed by atoms with Gasteiger partial charge < -0.3 is 18.9 Å². The maximum Gasteiger partial charge on any atom is 0.472 e. The third kappa shape index (κ3) is 39.8. The first-order valence-corrected chi connectivity index (χ1v) is 22.2. The summed E-state index contributed by atoms with van der Waals surface area (Å²) in [6.07, 6.45) is 40.3. The minimum atomic E-state index is -4.28. The van der Waals surface area contributed by atoms with Crippen LogP contribution >= 0.6 is 7.82 Å². The van der Waals surface area contributed by atoms with Crippen LogP contribution < -0.4 is 0 Å². The number of ether oxygens (including phenoxy) is 2. The van der Waals surface area contributed by atoms with Crippen molar-refractivity contribution in [1.82, 2.24) is 0 Å². The van der Waals surface area contributed by atoms with E-state index in [0.717, 1.165) is 38.5 Å². The second-order valence-corrected chi connectivity index (χ2v) is 16.5. The van der Waals surface area contributed by atoms with E-state index < -0.39 is 13.9 Å². The van der Waals surface area contributed by atoms with Crippen LogP contribution in [0.25, 0.3) is 0 Å². The van der Waals surface area contributed by atoms with Crippen molar-refractivity contribution in [2.75, 3.05) is 54.1 Å². The second kappa shape index (κ2) is 35.7. The minimum Gasteiger partial charge on any atom is -0.457 e. The molecule has 0 aromatic rings. The third-order valence-electron chi connectivity index (χ3n) is 8.70. The number of hydrogen-bond donors (Lipinski definition) is 1.